The molecule has 0 saturated carbocycles. The van der Waals surface area contributed by atoms with E-state index in [-0.39, 0.29) is 19.1 Å². The van der Waals surface area contributed by atoms with E-state index in [0.29, 0.717) is 17.9 Å². The van der Waals surface area contributed by atoms with Gasteiger partial charge in [0.1, 0.15) is 0 Å². The maximum atomic E-state index is 11.5. The van der Waals surface area contributed by atoms with Crippen molar-refractivity contribution < 1.29 is 19.4 Å². The topological polar surface area (TPSA) is 67.8 Å². The predicted octanol–water partition coefficient (Wildman–Crippen LogP) is 1.27. The minimum absolute atomic E-state index is 0.101. The molecule has 19 heavy (non-hydrogen) atoms. The molecule has 2 N–H and O–H groups in total. The molecule has 0 fully saturated rings. The Kier molecular flexibility index (Phi) is 6.15. The van der Waals surface area contributed by atoms with Crippen LogP contribution in [0.2, 0.25) is 0 Å². The molecule has 1 unspecified atom stereocenters. The first-order valence-electron chi connectivity index (χ1n) is 6.29. The fraction of sp³-hybridized carbons (Fsp3) is 0.500. The highest BCUT2D eigenvalue weighted by Crippen LogP contribution is 2.27. The minimum Gasteiger partial charge on any atom is -0.493 e. The minimum atomic E-state index is -0.516. The van der Waals surface area contributed by atoms with Crippen LogP contribution in [0.5, 0.6) is 11.5 Å². The number of carbonyl (C=O) groups is 1. The van der Waals surface area contributed by atoms with E-state index < -0.39 is 6.10 Å². The lowest BCUT2D eigenvalue weighted by Gasteiger charge is -2.12. The standard InChI is InChI=1S/C14H21NO4/c1-4-11(16)8-15-14(17)9-19-12-6-5-10(2)7-13(12)18-3/h5-7,11,16H,4,8-9H2,1-3H3,(H,15,17). The number of aryl methyl sites for hydroxylation is 1. The van der Waals surface area contributed by atoms with Crippen LogP contribution in [-0.4, -0.2) is 37.4 Å². The van der Waals surface area contributed by atoms with E-state index in [1.807, 2.05) is 26.0 Å². The molecule has 1 atom stereocenters. The lowest BCUT2D eigenvalue weighted by atomic mass is 10.2. The van der Waals surface area contributed by atoms with Crippen molar-refractivity contribution in [2.24, 2.45) is 0 Å². The van der Waals surface area contributed by atoms with E-state index in [1.54, 1.807) is 13.2 Å². The summed E-state index contributed by atoms with van der Waals surface area (Å²) in [7, 11) is 1.55. The zero-order valence-corrected chi connectivity index (χ0v) is 11.6. The normalized spacial score (nSPS) is 11.8. The maximum Gasteiger partial charge on any atom is 0.258 e. The summed E-state index contributed by atoms with van der Waals surface area (Å²) >= 11 is 0. The van der Waals surface area contributed by atoms with Crippen molar-refractivity contribution in [3.8, 4) is 11.5 Å². The molecule has 0 aromatic heterocycles. The largest absolute Gasteiger partial charge is 0.493 e. The highest BCUT2D eigenvalue weighted by molar-refractivity contribution is 5.77. The number of hydrogen-bond acceptors (Lipinski definition) is 4. The van der Waals surface area contributed by atoms with Crippen molar-refractivity contribution in [1.82, 2.24) is 5.32 Å². The molecule has 0 bridgehead atoms. The van der Waals surface area contributed by atoms with Crippen molar-refractivity contribution >= 4 is 5.91 Å². The smallest absolute Gasteiger partial charge is 0.258 e. The molecule has 0 radical (unpaired) electrons. The quantitative estimate of drug-likeness (QED) is 0.780. The number of amides is 1. The summed E-state index contributed by atoms with van der Waals surface area (Å²) in [6.45, 7) is 3.94. The molecule has 1 aromatic rings. The number of aliphatic hydroxyl groups is 1. The van der Waals surface area contributed by atoms with Gasteiger partial charge in [0, 0.05) is 6.54 Å². The summed E-state index contributed by atoms with van der Waals surface area (Å²) < 4.78 is 10.6. The molecular formula is C14H21NO4. The third kappa shape index (κ3) is 5.18. The average Bonchev–Trinajstić information content (AvgIpc) is 2.43. The van der Waals surface area contributed by atoms with Crippen molar-refractivity contribution in [2.45, 2.75) is 26.4 Å². The van der Waals surface area contributed by atoms with Gasteiger partial charge < -0.3 is 19.9 Å². The summed E-state index contributed by atoms with van der Waals surface area (Å²) in [5.74, 6) is 0.857. The third-order valence-corrected chi connectivity index (χ3v) is 2.68. The number of rotatable bonds is 7. The molecule has 0 spiro atoms. The number of methoxy groups -OCH3 is 1. The predicted molar refractivity (Wildman–Crippen MR) is 72.5 cm³/mol. The highest BCUT2D eigenvalue weighted by Gasteiger charge is 2.08. The van der Waals surface area contributed by atoms with Gasteiger partial charge in [0.15, 0.2) is 18.1 Å². The summed E-state index contributed by atoms with van der Waals surface area (Å²) in [5, 5.41) is 11.9. The van der Waals surface area contributed by atoms with E-state index >= 15 is 0 Å². The summed E-state index contributed by atoms with van der Waals surface area (Å²) in [5.41, 5.74) is 1.06. The van der Waals surface area contributed by atoms with Crippen LogP contribution in [0.3, 0.4) is 0 Å². The number of hydrogen-bond donors (Lipinski definition) is 2. The van der Waals surface area contributed by atoms with Crippen LogP contribution in [0, 0.1) is 6.92 Å². The third-order valence-electron chi connectivity index (χ3n) is 2.68. The molecule has 0 heterocycles. The number of benzene rings is 1. The Labute approximate surface area is 113 Å². The Morgan fingerprint density at radius 2 is 2.16 bits per heavy atom. The first-order valence-corrected chi connectivity index (χ1v) is 6.29. The molecule has 0 aliphatic carbocycles. The van der Waals surface area contributed by atoms with Gasteiger partial charge in [0.05, 0.1) is 13.2 Å². The van der Waals surface area contributed by atoms with Gasteiger partial charge in [-0.3, -0.25) is 4.79 Å². The van der Waals surface area contributed by atoms with Gasteiger partial charge >= 0.3 is 0 Å². The molecule has 0 aliphatic rings. The zero-order valence-electron chi connectivity index (χ0n) is 11.6. The van der Waals surface area contributed by atoms with Crippen molar-refractivity contribution in [3.05, 3.63) is 23.8 Å². The van der Waals surface area contributed by atoms with E-state index in [1.165, 1.54) is 0 Å². The van der Waals surface area contributed by atoms with Crippen LogP contribution in [0.1, 0.15) is 18.9 Å². The first kappa shape index (κ1) is 15.3. The monoisotopic (exact) mass is 267 g/mol. The van der Waals surface area contributed by atoms with E-state index in [2.05, 4.69) is 5.32 Å². The summed E-state index contributed by atoms with van der Waals surface area (Å²) in [6.07, 6.45) is 0.0882. The van der Waals surface area contributed by atoms with Crippen LogP contribution in [0.15, 0.2) is 18.2 Å². The molecule has 1 aromatic carbocycles. The van der Waals surface area contributed by atoms with Crippen LogP contribution in [-0.2, 0) is 4.79 Å². The second-order valence-corrected chi connectivity index (χ2v) is 4.31. The Balaban J connectivity index is 2.46. The lowest BCUT2D eigenvalue weighted by Crippen LogP contribution is -2.35. The molecule has 106 valence electrons. The Hall–Kier alpha value is -1.75. The van der Waals surface area contributed by atoms with E-state index in [0.717, 1.165) is 5.56 Å². The number of ether oxygens (including phenoxy) is 2. The number of carbonyl (C=O) groups excluding carboxylic acids is 1. The Morgan fingerprint density at radius 3 is 2.79 bits per heavy atom. The molecule has 5 heteroatoms. The lowest BCUT2D eigenvalue weighted by molar-refractivity contribution is -0.123. The van der Waals surface area contributed by atoms with Crippen LogP contribution < -0.4 is 14.8 Å². The fourth-order valence-electron chi connectivity index (χ4n) is 1.46. The fourth-order valence-corrected chi connectivity index (χ4v) is 1.46. The summed E-state index contributed by atoms with van der Waals surface area (Å²) in [4.78, 5) is 11.5. The van der Waals surface area contributed by atoms with E-state index in [9.17, 15) is 9.90 Å². The number of aliphatic hydroxyl groups excluding tert-OH is 1. The Bertz CT molecular complexity index is 420. The van der Waals surface area contributed by atoms with Crippen molar-refractivity contribution in [3.63, 3.8) is 0 Å². The van der Waals surface area contributed by atoms with Gasteiger partial charge in [0.25, 0.3) is 5.91 Å². The van der Waals surface area contributed by atoms with Gasteiger partial charge in [-0.1, -0.05) is 13.0 Å². The SMILES string of the molecule is CCC(O)CNC(=O)COc1ccc(C)cc1OC. The summed E-state index contributed by atoms with van der Waals surface area (Å²) in [6, 6.07) is 5.49. The first-order chi connectivity index (χ1) is 9.06. The van der Waals surface area contributed by atoms with Gasteiger partial charge in [-0.05, 0) is 31.0 Å². The van der Waals surface area contributed by atoms with E-state index in [4.69, 9.17) is 9.47 Å². The average molecular weight is 267 g/mol. The molecular weight excluding hydrogens is 246 g/mol. The van der Waals surface area contributed by atoms with Crippen molar-refractivity contribution in [1.29, 1.82) is 0 Å². The van der Waals surface area contributed by atoms with Gasteiger partial charge in [-0.25, -0.2) is 0 Å². The van der Waals surface area contributed by atoms with Crippen LogP contribution in [0.25, 0.3) is 0 Å². The second-order valence-electron chi connectivity index (χ2n) is 4.31. The van der Waals surface area contributed by atoms with Gasteiger partial charge in [-0.2, -0.15) is 0 Å². The molecule has 0 saturated heterocycles. The highest BCUT2D eigenvalue weighted by atomic mass is 16.5. The van der Waals surface area contributed by atoms with Crippen molar-refractivity contribution in [2.75, 3.05) is 20.3 Å². The zero-order chi connectivity index (χ0) is 14.3. The van der Waals surface area contributed by atoms with Crippen LogP contribution in [0.4, 0.5) is 0 Å². The second kappa shape index (κ2) is 7.63. The van der Waals surface area contributed by atoms with Gasteiger partial charge in [-0.15, -0.1) is 0 Å². The maximum absolute atomic E-state index is 11.5. The molecule has 5 nitrogen and oxygen atoms in total. The molecule has 1 rings (SSSR count). The Morgan fingerprint density at radius 1 is 1.42 bits per heavy atom. The number of nitrogens with one attached hydrogen (secondary N) is 1. The van der Waals surface area contributed by atoms with Crippen LogP contribution >= 0.6 is 0 Å². The molecule has 0 aliphatic heterocycles. The van der Waals surface area contributed by atoms with Gasteiger partial charge in [0.2, 0.25) is 0 Å². The molecule has 1 amide bonds.